The molecule has 166 valence electrons. The lowest BCUT2D eigenvalue weighted by Crippen LogP contribution is -2.51. The SMILES string of the molecule is CN(C)CCn1cnc2c(N(NC(=O)OC(C)(C)C)C3CCCCC3)nc(N)nc21. The monoisotopic (exact) mass is 418 g/mol. The summed E-state index contributed by atoms with van der Waals surface area (Å²) < 4.78 is 7.46. The number of ether oxygens (including phenoxy) is 1. The van der Waals surface area contributed by atoms with Gasteiger partial charge in [0.05, 0.1) is 12.4 Å². The van der Waals surface area contributed by atoms with Crippen molar-refractivity contribution in [1.29, 1.82) is 0 Å². The zero-order valence-electron chi connectivity index (χ0n) is 18.7. The molecule has 0 spiro atoms. The van der Waals surface area contributed by atoms with Gasteiger partial charge in [-0.25, -0.2) is 15.2 Å². The molecule has 1 fully saturated rings. The number of amides is 1. The van der Waals surface area contributed by atoms with Gasteiger partial charge in [0.2, 0.25) is 5.95 Å². The number of imidazole rings is 1. The number of likely N-dealkylation sites (N-methyl/N-ethyl adjacent to an activating group) is 1. The highest BCUT2D eigenvalue weighted by molar-refractivity contribution is 5.86. The van der Waals surface area contributed by atoms with Gasteiger partial charge >= 0.3 is 6.09 Å². The summed E-state index contributed by atoms with van der Waals surface area (Å²) in [5, 5.41) is 1.79. The zero-order chi connectivity index (χ0) is 21.9. The van der Waals surface area contributed by atoms with Gasteiger partial charge in [-0.3, -0.25) is 5.01 Å². The van der Waals surface area contributed by atoms with Crippen molar-refractivity contribution in [2.24, 2.45) is 0 Å². The lowest BCUT2D eigenvalue weighted by Gasteiger charge is -2.35. The molecule has 10 heteroatoms. The molecule has 0 atom stereocenters. The summed E-state index contributed by atoms with van der Waals surface area (Å²) in [7, 11) is 4.03. The molecule has 2 aromatic rings. The van der Waals surface area contributed by atoms with E-state index in [1.807, 2.05) is 39.4 Å². The predicted octanol–water partition coefficient (Wildman–Crippen LogP) is 2.55. The van der Waals surface area contributed by atoms with Crippen LogP contribution in [0.1, 0.15) is 52.9 Å². The van der Waals surface area contributed by atoms with E-state index in [1.165, 1.54) is 6.42 Å². The molecular formula is C20H34N8O2. The third-order valence-electron chi connectivity index (χ3n) is 5.03. The molecule has 0 radical (unpaired) electrons. The van der Waals surface area contributed by atoms with E-state index in [-0.39, 0.29) is 12.0 Å². The average Bonchev–Trinajstić information content (AvgIpc) is 3.06. The predicted molar refractivity (Wildman–Crippen MR) is 117 cm³/mol. The molecule has 10 nitrogen and oxygen atoms in total. The van der Waals surface area contributed by atoms with Gasteiger partial charge in [-0.15, -0.1) is 0 Å². The third-order valence-corrected chi connectivity index (χ3v) is 5.03. The lowest BCUT2D eigenvalue weighted by atomic mass is 9.95. The molecule has 0 aromatic carbocycles. The number of anilines is 2. The Kier molecular flexibility index (Phi) is 6.64. The topological polar surface area (TPSA) is 114 Å². The molecule has 1 amide bonds. The Hall–Kier alpha value is -2.62. The Balaban J connectivity index is 1.98. The molecule has 0 saturated heterocycles. The van der Waals surface area contributed by atoms with Crippen LogP contribution in [0.3, 0.4) is 0 Å². The van der Waals surface area contributed by atoms with Gasteiger partial charge in [-0.05, 0) is 47.7 Å². The number of aromatic nitrogens is 4. The van der Waals surface area contributed by atoms with Gasteiger partial charge in [0.15, 0.2) is 17.0 Å². The Morgan fingerprint density at radius 3 is 2.60 bits per heavy atom. The van der Waals surface area contributed by atoms with E-state index in [4.69, 9.17) is 10.5 Å². The number of hydrogen-bond acceptors (Lipinski definition) is 8. The van der Waals surface area contributed by atoms with E-state index in [0.717, 1.165) is 38.8 Å². The minimum atomic E-state index is -0.601. The van der Waals surface area contributed by atoms with Crippen LogP contribution < -0.4 is 16.2 Å². The first kappa shape index (κ1) is 22.1. The first-order chi connectivity index (χ1) is 14.1. The van der Waals surface area contributed by atoms with Gasteiger partial charge < -0.3 is 19.9 Å². The third kappa shape index (κ3) is 5.50. The van der Waals surface area contributed by atoms with Crippen molar-refractivity contribution >= 4 is 29.0 Å². The smallest absolute Gasteiger partial charge is 0.426 e. The maximum atomic E-state index is 12.6. The number of nitrogens with zero attached hydrogens (tertiary/aromatic N) is 6. The second-order valence-electron chi connectivity index (χ2n) is 9.09. The second-order valence-corrected chi connectivity index (χ2v) is 9.09. The summed E-state index contributed by atoms with van der Waals surface area (Å²) in [6.07, 6.45) is 6.50. The lowest BCUT2D eigenvalue weighted by molar-refractivity contribution is 0.0511. The molecular weight excluding hydrogens is 384 g/mol. The fourth-order valence-corrected chi connectivity index (χ4v) is 3.64. The highest BCUT2D eigenvalue weighted by Crippen LogP contribution is 2.29. The van der Waals surface area contributed by atoms with Crippen LogP contribution in [-0.4, -0.2) is 62.8 Å². The first-order valence-electron chi connectivity index (χ1n) is 10.6. The largest absolute Gasteiger partial charge is 0.443 e. The molecule has 30 heavy (non-hydrogen) atoms. The Bertz CT molecular complexity index is 868. The molecule has 0 unspecified atom stereocenters. The van der Waals surface area contributed by atoms with Gasteiger partial charge in [0.25, 0.3) is 0 Å². The average molecular weight is 419 g/mol. The molecule has 0 aliphatic heterocycles. The van der Waals surface area contributed by atoms with Crippen LogP contribution in [0.25, 0.3) is 11.2 Å². The van der Waals surface area contributed by atoms with Crippen LogP contribution in [-0.2, 0) is 11.3 Å². The maximum absolute atomic E-state index is 12.6. The maximum Gasteiger partial charge on any atom is 0.426 e. The molecule has 1 aliphatic rings. The summed E-state index contributed by atoms with van der Waals surface area (Å²) in [5.41, 5.74) is 9.64. The number of nitrogen functional groups attached to an aromatic ring is 1. The number of carbonyl (C=O) groups is 1. The standard InChI is InChI=1S/C20H34N8O2/c1-20(2,3)30-19(29)25-28(14-9-7-6-8-10-14)17-15-16(23-18(21)24-17)27(13-22-15)12-11-26(4)5/h13-14H,6-12H2,1-5H3,(H,25,29)(H2,21,23,24). The van der Waals surface area contributed by atoms with Gasteiger partial charge in [-0.2, -0.15) is 9.97 Å². The molecule has 1 aliphatic carbocycles. The van der Waals surface area contributed by atoms with Crippen molar-refractivity contribution in [2.75, 3.05) is 31.4 Å². The van der Waals surface area contributed by atoms with Crippen molar-refractivity contribution in [3.05, 3.63) is 6.33 Å². The Morgan fingerprint density at radius 2 is 1.97 bits per heavy atom. The highest BCUT2D eigenvalue weighted by Gasteiger charge is 2.29. The molecule has 1 saturated carbocycles. The number of carbonyl (C=O) groups excluding carboxylic acids is 1. The summed E-state index contributed by atoms with van der Waals surface area (Å²) in [4.78, 5) is 28.2. The van der Waals surface area contributed by atoms with Crippen LogP contribution >= 0.6 is 0 Å². The fraction of sp³-hybridized carbons (Fsp3) is 0.700. The van der Waals surface area contributed by atoms with Crippen LogP contribution in [0.5, 0.6) is 0 Å². The highest BCUT2D eigenvalue weighted by atomic mass is 16.6. The minimum Gasteiger partial charge on any atom is -0.443 e. The van der Waals surface area contributed by atoms with Crippen molar-refractivity contribution < 1.29 is 9.53 Å². The number of hydrazine groups is 1. The quantitative estimate of drug-likeness (QED) is 0.688. The van der Waals surface area contributed by atoms with Gasteiger partial charge in [0.1, 0.15) is 5.60 Å². The second kappa shape index (κ2) is 9.03. The summed E-state index contributed by atoms with van der Waals surface area (Å²) >= 11 is 0. The summed E-state index contributed by atoms with van der Waals surface area (Å²) in [6.45, 7) is 7.08. The number of hydrogen-bond donors (Lipinski definition) is 2. The Labute approximate surface area is 177 Å². The normalized spacial score (nSPS) is 15.5. The number of nitrogens with two attached hydrogens (primary N) is 1. The molecule has 3 N–H and O–H groups in total. The van der Waals surface area contributed by atoms with E-state index < -0.39 is 11.7 Å². The van der Waals surface area contributed by atoms with E-state index in [9.17, 15) is 4.79 Å². The molecule has 2 heterocycles. The van der Waals surface area contributed by atoms with Crippen LogP contribution in [0.15, 0.2) is 6.33 Å². The number of rotatable bonds is 6. The van der Waals surface area contributed by atoms with E-state index >= 15 is 0 Å². The van der Waals surface area contributed by atoms with Crippen molar-refractivity contribution in [1.82, 2.24) is 29.8 Å². The van der Waals surface area contributed by atoms with E-state index in [2.05, 4.69) is 25.3 Å². The Morgan fingerprint density at radius 1 is 1.27 bits per heavy atom. The summed E-state index contributed by atoms with van der Waals surface area (Å²) in [6, 6.07) is 0.0932. The minimum absolute atomic E-state index is 0.0932. The van der Waals surface area contributed by atoms with Crippen LogP contribution in [0, 0.1) is 0 Å². The number of nitrogens with one attached hydrogen (secondary N) is 1. The first-order valence-corrected chi connectivity index (χ1v) is 10.6. The van der Waals surface area contributed by atoms with Gasteiger partial charge in [-0.1, -0.05) is 19.3 Å². The zero-order valence-corrected chi connectivity index (χ0v) is 18.7. The molecule has 0 bridgehead atoms. The van der Waals surface area contributed by atoms with E-state index in [1.54, 1.807) is 11.3 Å². The van der Waals surface area contributed by atoms with Crippen molar-refractivity contribution in [3.8, 4) is 0 Å². The van der Waals surface area contributed by atoms with Crippen molar-refractivity contribution in [2.45, 2.75) is 71.1 Å². The van der Waals surface area contributed by atoms with E-state index in [0.29, 0.717) is 17.0 Å². The molecule has 3 rings (SSSR count). The van der Waals surface area contributed by atoms with Crippen molar-refractivity contribution in [3.63, 3.8) is 0 Å². The summed E-state index contributed by atoms with van der Waals surface area (Å²) in [5.74, 6) is 0.662. The van der Waals surface area contributed by atoms with Crippen LogP contribution in [0.2, 0.25) is 0 Å². The number of fused-ring (bicyclic) bond motifs is 1. The molecule has 2 aromatic heterocycles. The van der Waals surface area contributed by atoms with Gasteiger partial charge in [0, 0.05) is 13.1 Å². The van der Waals surface area contributed by atoms with Crippen LogP contribution in [0.4, 0.5) is 16.6 Å². The fourth-order valence-electron chi connectivity index (χ4n) is 3.64.